The second-order valence-electron chi connectivity index (χ2n) is 5.76. The quantitative estimate of drug-likeness (QED) is 0.610. The number of carbonyl (C=O) groups is 1. The topological polar surface area (TPSA) is 83.5 Å². The van der Waals surface area contributed by atoms with Gasteiger partial charge in [0, 0.05) is 0 Å². The van der Waals surface area contributed by atoms with Crippen LogP contribution in [0.5, 0.6) is 0 Å². The van der Waals surface area contributed by atoms with E-state index in [0.29, 0.717) is 11.5 Å². The second-order valence-corrected chi connectivity index (χ2v) is 7.85. The highest BCUT2D eigenvalue weighted by Crippen LogP contribution is 2.36. The van der Waals surface area contributed by atoms with Gasteiger partial charge in [-0.15, -0.1) is 0 Å². The number of alkyl halides is 3. The summed E-state index contributed by atoms with van der Waals surface area (Å²) in [5.74, 6) is -1.39. The molecule has 0 saturated carbocycles. The molecule has 0 fully saturated rings. The number of hydrogen-bond donors (Lipinski definition) is 2. The number of halogens is 4. The number of carboxylic acid groups (broad SMARTS) is 1. The molecular formula is C18H11ClF3NO4S. The van der Waals surface area contributed by atoms with Gasteiger partial charge in [-0.2, -0.15) is 13.2 Å². The van der Waals surface area contributed by atoms with Gasteiger partial charge in [-0.3, -0.25) is 4.72 Å². The smallest absolute Gasteiger partial charge is 0.417 e. The predicted molar refractivity (Wildman–Crippen MR) is 98.2 cm³/mol. The van der Waals surface area contributed by atoms with Crippen molar-refractivity contribution in [2.75, 3.05) is 4.72 Å². The van der Waals surface area contributed by atoms with Crippen molar-refractivity contribution in [3.05, 3.63) is 70.7 Å². The summed E-state index contributed by atoms with van der Waals surface area (Å²) in [4.78, 5) is 11.0. The lowest BCUT2D eigenvalue weighted by Gasteiger charge is -2.14. The number of rotatable bonds is 4. The highest BCUT2D eigenvalue weighted by Gasteiger charge is 2.34. The minimum absolute atomic E-state index is 0.269. The second kappa shape index (κ2) is 6.99. The first-order valence-electron chi connectivity index (χ1n) is 7.65. The van der Waals surface area contributed by atoms with Crippen molar-refractivity contribution in [2.24, 2.45) is 0 Å². The van der Waals surface area contributed by atoms with Gasteiger partial charge < -0.3 is 5.11 Å². The summed E-state index contributed by atoms with van der Waals surface area (Å²) in [6.45, 7) is 0. The molecule has 0 heterocycles. The fourth-order valence-electron chi connectivity index (χ4n) is 2.68. The Morgan fingerprint density at radius 1 is 1.04 bits per heavy atom. The van der Waals surface area contributed by atoms with Crippen molar-refractivity contribution >= 4 is 44.1 Å². The highest BCUT2D eigenvalue weighted by atomic mass is 35.5. The fraction of sp³-hybridized carbons (Fsp3) is 0.0556. The molecule has 5 nitrogen and oxygen atoms in total. The standard InChI is InChI=1S/C18H11ClF3NO4S/c19-14-7-6-11(9-13(14)18(20,21)22)28(26,27)23-15-8-5-10-3-1-2-4-12(10)16(15)17(24)25/h1-9,23H,(H,24,25). The zero-order valence-electron chi connectivity index (χ0n) is 13.8. The predicted octanol–water partition coefficient (Wildman–Crippen LogP) is 5.01. The number of hydrogen-bond acceptors (Lipinski definition) is 3. The molecule has 146 valence electrons. The molecule has 0 aliphatic heterocycles. The monoisotopic (exact) mass is 429 g/mol. The number of fused-ring (bicyclic) bond motifs is 1. The van der Waals surface area contributed by atoms with Crippen molar-refractivity contribution < 1.29 is 31.5 Å². The summed E-state index contributed by atoms with van der Waals surface area (Å²) in [7, 11) is -4.51. The number of nitrogens with one attached hydrogen (secondary N) is 1. The Balaban J connectivity index is 2.11. The van der Waals surface area contributed by atoms with Crippen LogP contribution in [0, 0.1) is 0 Å². The van der Waals surface area contributed by atoms with E-state index in [-0.39, 0.29) is 16.6 Å². The van der Waals surface area contributed by atoms with E-state index in [1.54, 1.807) is 18.2 Å². The van der Waals surface area contributed by atoms with Crippen LogP contribution in [0.4, 0.5) is 18.9 Å². The van der Waals surface area contributed by atoms with Gasteiger partial charge in [-0.05, 0) is 35.0 Å². The van der Waals surface area contributed by atoms with E-state index in [2.05, 4.69) is 4.72 Å². The van der Waals surface area contributed by atoms with Gasteiger partial charge in [0.05, 0.1) is 26.7 Å². The van der Waals surface area contributed by atoms with Crippen LogP contribution in [0.15, 0.2) is 59.5 Å². The van der Waals surface area contributed by atoms with Crippen LogP contribution < -0.4 is 4.72 Å². The zero-order valence-corrected chi connectivity index (χ0v) is 15.4. The van der Waals surface area contributed by atoms with E-state index in [4.69, 9.17) is 11.6 Å². The first-order chi connectivity index (χ1) is 13.0. The third-order valence-electron chi connectivity index (χ3n) is 3.94. The first kappa shape index (κ1) is 20.0. The average molecular weight is 430 g/mol. The van der Waals surface area contributed by atoms with Gasteiger partial charge in [0.1, 0.15) is 0 Å². The van der Waals surface area contributed by atoms with Gasteiger partial charge in [0.25, 0.3) is 10.0 Å². The van der Waals surface area contributed by atoms with Crippen molar-refractivity contribution in [1.82, 2.24) is 0 Å². The molecule has 3 aromatic rings. The van der Waals surface area contributed by atoms with Crippen LogP contribution >= 0.6 is 11.6 Å². The van der Waals surface area contributed by atoms with Gasteiger partial charge in [0.2, 0.25) is 0 Å². The molecule has 0 aromatic heterocycles. The molecule has 3 rings (SSSR count). The normalized spacial score (nSPS) is 12.1. The molecule has 0 aliphatic rings. The number of anilines is 1. The molecule has 2 N–H and O–H groups in total. The highest BCUT2D eigenvalue weighted by molar-refractivity contribution is 7.92. The van der Waals surface area contributed by atoms with Crippen LogP contribution in [0.25, 0.3) is 10.8 Å². The Morgan fingerprint density at radius 2 is 1.71 bits per heavy atom. The Kier molecular flexibility index (Phi) is 4.99. The molecule has 0 radical (unpaired) electrons. The number of aromatic carboxylic acids is 1. The minimum Gasteiger partial charge on any atom is -0.478 e. The molecular weight excluding hydrogens is 419 g/mol. The fourth-order valence-corrected chi connectivity index (χ4v) is 4.00. The Morgan fingerprint density at radius 3 is 2.36 bits per heavy atom. The van der Waals surface area contributed by atoms with Gasteiger partial charge in [-0.25, -0.2) is 13.2 Å². The molecule has 0 atom stereocenters. The molecule has 0 amide bonds. The van der Waals surface area contributed by atoms with E-state index < -0.39 is 37.7 Å². The molecule has 10 heteroatoms. The maximum absolute atomic E-state index is 13.0. The summed E-state index contributed by atoms with van der Waals surface area (Å²) in [5, 5.41) is 9.71. The third kappa shape index (κ3) is 3.76. The summed E-state index contributed by atoms with van der Waals surface area (Å²) in [5.41, 5.74) is -1.89. The van der Waals surface area contributed by atoms with Crippen molar-refractivity contribution in [3.63, 3.8) is 0 Å². The SMILES string of the molecule is O=C(O)c1c(NS(=O)(=O)c2ccc(Cl)c(C(F)(F)F)c2)ccc2ccccc12. The summed E-state index contributed by atoms with van der Waals surface area (Å²) in [6.07, 6.45) is -4.85. The van der Waals surface area contributed by atoms with Crippen molar-refractivity contribution in [2.45, 2.75) is 11.1 Å². The molecule has 28 heavy (non-hydrogen) atoms. The first-order valence-corrected chi connectivity index (χ1v) is 9.51. The molecule has 0 aliphatic carbocycles. The Labute approximate surface area is 162 Å². The molecule has 0 spiro atoms. The van der Waals surface area contributed by atoms with Gasteiger partial charge >= 0.3 is 12.1 Å². The molecule has 0 saturated heterocycles. The van der Waals surface area contributed by atoms with Crippen LogP contribution in [0.2, 0.25) is 5.02 Å². The van der Waals surface area contributed by atoms with E-state index >= 15 is 0 Å². The van der Waals surface area contributed by atoms with Gasteiger partial charge in [-0.1, -0.05) is 41.9 Å². The van der Waals surface area contributed by atoms with Crippen LogP contribution in [0.1, 0.15) is 15.9 Å². The Bertz CT molecular complexity index is 1190. The minimum atomic E-state index is -4.85. The largest absolute Gasteiger partial charge is 0.478 e. The van der Waals surface area contributed by atoms with Crippen LogP contribution in [-0.2, 0) is 16.2 Å². The van der Waals surface area contributed by atoms with E-state index in [0.717, 1.165) is 12.1 Å². The van der Waals surface area contributed by atoms with Crippen molar-refractivity contribution in [1.29, 1.82) is 0 Å². The van der Waals surface area contributed by atoms with E-state index in [1.165, 1.54) is 18.2 Å². The lowest BCUT2D eigenvalue weighted by Crippen LogP contribution is -2.17. The van der Waals surface area contributed by atoms with E-state index in [1.807, 2.05) is 0 Å². The lowest BCUT2D eigenvalue weighted by atomic mass is 10.0. The number of sulfonamides is 1. The number of carboxylic acids is 1. The molecule has 0 unspecified atom stereocenters. The maximum Gasteiger partial charge on any atom is 0.417 e. The average Bonchev–Trinajstić information content (AvgIpc) is 2.60. The summed E-state index contributed by atoms with van der Waals surface area (Å²) >= 11 is 5.51. The van der Waals surface area contributed by atoms with Crippen molar-refractivity contribution in [3.8, 4) is 0 Å². The summed E-state index contributed by atoms with van der Waals surface area (Å²) < 4.78 is 66.3. The number of benzene rings is 3. The molecule has 3 aromatic carbocycles. The maximum atomic E-state index is 13.0. The summed E-state index contributed by atoms with van der Waals surface area (Å²) in [6, 6.07) is 11.3. The van der Waals surface area contributed by atoms with E-state index in [9.17, 15) is 31.5 Å². The van der Waals surface area contributed by atoms with Crippen LogP contribution in [-0.4, -0.2) is 19.5 Å². The molecule has 0 bridgehead atoms. The third-order valence-corrected chi connectivity index (χ3v) is 5.63. The lowest BCUT2D eigenvalue weighted by molar-refractivity contribution is -0.137. The van der Waals surface area contributed by atoms with Crippen LogP contribution in [0.3, 0.4) is 0 Å². The van der Waals surface area contributed by atoms with Gasteiger partial charge in [0.15, 0.2) is 0 Å². The zero-order chi connectivity index (χ0) is 20.7. The Hall–Kier alpha value is -2.78.